The van der Waals surface area contributed by atoms with Crippen molar-refractivity contribution in [2.45, 2.75) is 0 Å². The van der Waals surface area contributed by atoms with Gasteiger partial charge in [0.1, 0.15) is 5.75 Å². The summed E-state index contributed by atoms with van der Waals surface area (Å²) in [6, 6.07) is 5.64. The van der Waals surface area contributed by atoms with E-state index in [2.05, 4.69) is 5.73 Å². The first-order chi connectivity index (χ1) is 6.99. The Morgan fingerprint density at radius 1 is 1.25 bits per heavy atom. The minimum absolute atomic E-state index is 0. The molecule has 7 heteroatoms. The Hall–Kier alpha value is -1.56. The van der Waals surface area contributed by atoms with Gasteiger partial charge in [-0.25, -0.2) is 0 Å². The van der Waals surface area contributed by atoms with E-state index >= 15 is 0 Å². The summed E-state index contributed by atoms with van der Waals surface area (Å²) in [6.45, 7) is -0.389. The second-order valence-electron chi connectivity index (χ2n) is 2.38. The number of carboxylic acid groups (broad SMARTS) is 2. The van der Waals surface area contributed by atoms with E-state index in [4.69, 9.17) is 15.0 Å². The molecule has 3 N–H and O–H groups in total. The molecule has 0 atom stereocenters. The van der Waals surface area contributed by atoms with Crippen molar-refractivity contribution in [1.82, 2.24) is 0 Å². The Morgan fingerprint density at radius 2 is 1.69 bits per heavy atom. The standard InChI is InChI=1S/C7H6O3.C2H5NO2.Cu/c8-6-4-2-1-3-5(6)7(9)10;3-1-2(4)5;/h1-4,8H,(H,9,10);1,3H2,(H,4,5);/q;;+2/p-2. The van der Waals surface area contributed by atoms with Crippen molar-refractivity contribution in [1.29, 1.82) is 0 Å². The molecule has 0 unspecified atom stereocenters. The van der Waals surface area contributed by atoms with Crippen LogP contribution in [0.1, 0.15) is 10.4 Å². The van der Waals surface area contributed by atoms with Gasteiger partial charge in [0, 0.05) is 12.1 Å². The maximum Gasteiger partial charge on any atom is 2.00 e. The van der Waals surface area contributed by atoms with Crippen molar-refractivity contribution < 1.29 is 42.0 Å². The van der Waals surface area contributed by atoms with E-state index in [1.165, 1.54) is 18.2 Å². The van der Waals surface area contributed by atoms with Gasteiger partial charge < -0.3 is 30.6 Å². The predicted octanol–water partition coefficient (Wildman–Crippen LogP) is -2.55. The number of aliphatic carboxylic acids is 1. The summed E-state index contributed by atoms with van der Waals surface area (Å²) in [5.74, 6) is -2.84. The van der Waals surface area contributed by atoms with Crippen LogP contribution in [0.3, 0.4) is 0 Å². The first-order valence-electron chi connectivity index (χ1n) is 3.88. The summed E-state index contributed by atoms with van der Waals surface area (Å²) in [6.07, 6.45) is 0. The van der Waals surface area contributed by atoms with Crippen LogP contribution < -0.4 is 15.9 Å². The Morgan fingerprint density at radius 3 is 1.94 bits per heavy atom. The molecule has 1 aromatic rings. The Bertz CT molecular complexity index is 356. The van der Waals surface area contributed by atoms with Crippen LogP contribution in [0.4, 0.5) is 0 Å². The van der Waals surface area contributed by atoms with E-state index in [0.29, 0.717) is 0 Å². The summed E-state index contributed by atoms with van der Waals surface area (Å²) < 4.78 is 0. The average molecular weight is 275 g/mol. The molecule has 1 radical (unpaired) electrons. The molecule has 0 spiro atoms. The molecular formula is C9H9CuNO5. The summed E-state index contributed by atoms with van der Waals surface area (Å²) >= 11 is 0. The molecule has 0 aliphatic rings. The molecule has 91 valence electrons. The number of aromatic carboxylic acids is 1. The van der Waals surface area contributed by atoms with Crippen LogP contribution >= 0.6 is 0 Å². The smallest absolute Gasteiger partial charge is 0.549 e. The molecule has 0 saturated heterocycles. The minimum Gasteiger partial charge on any atom is -0.549 e. The molecular weight excluding hydrogens is 266 g/mol. The van der Waals surface area contributed by atoms with E-state index in [0.717, 1.165) is 0 Å². The topological polar surface area (TPSA) is 127 Å². The van der Waals surface area contributed by atoms with Crippen LogP contribution in [-0.4, -0.2) is 23.6 Å². The van der Waals surface area contributed by atoms with Crippen LogP contribution in [0.25, 0.3) is 0 Å². The van der Waals surface area contributed by atoms with Crippen molar-refractivity contribution in [3.63, 3.8) is 0 Å². The van der Waals surface area contributed by atoms with Crippen molar-refractivity contribution in [2.24, 2.45) is 5.73 Å². The van der Waals surface area contributed by atoms with E-state index in [1.54, 1.807) is 6.07 Å². The monoisotopic (exact) mass is 274 g/mol. The fourth-order valence-corrected chi connectivity index (χ4v) is 0.646. The van der Waals surface area contributed by atoms with E-state index in [1.807, 2.05) is 0 Å². The van der Waals surface area contributed by atoms with Gasteiger partial charge in [-0.2, -0.15) is 0 Å². The molecule has 0 bridgehead atoms. The number of carbonyl (C=O) groups is 2. The molecule has 1 aromatic carbocycles. The Labute approximate surface area is 102 Å². The molecule has 0 aliphatic heterocycles. The molecule has 6 nitrogen and oxygen atoms in total. The average Bonchev–Trinajstić information content (AvgIpc) is 2.19. The fraction of sp³-hybridized carbons (Fsp3) is 0.111. The van der Waals surface area contributed by atoms with Crippen LogP contribution in [0.15, 0.2) is 24.3 Å². The second-order valence-corrected chi connectivity index (χ2v) is 2.38. The third-order valence-corrected chi connectivity index (χ3v) is 1.29. The first kappa shape index (κ1) is 16.9. The number of rotatable bonds is 2. The van der Waals surface area contributed by atoms with Gasteiger partial charge in [-0.05, 0) is 12.1 Å². The van der Waals surface area contributed by atoms with Crippen molar-refractivity contribution >= 4 is 11.9 Å². The summed E-state index contributed by atoms with van der Waals surface area (Å²) in [7, 11) is 0. The molecule has 0 aliphatic carbocycles. The molecule has 0 fully saturated rings. The van der Waals surface area contributed by atoms with Gasteiger partial charge in [-0.15, -0.1) is 0 Å². The quantitative estimate of drug-likeness (QED) is 0.572. The van der Waals surface area contributed by atoms with Crippen LogP contribution in [0, 0.1) is 0 Å². The summed E-state index contributed by atoms with van der Waals surface area (Å²) in [5.41, 5.74) is 4.33. The largest absolute Gasteiger partial charge is 2.00 e. The molecule has 1 rings (SSSR count). The first-order valence-corrected chi connectivity index (χ1v) is 3.88. The van der Waals surface area contributed by atoms with Crippen LogP contribution in [0.5, 0.6) is 5.75 Å². The normalized spacial score (nSPS) is 8.06. The zero-order chi connectivity index (χ0) is 11.8. The number of hydrogen-bond acceptors (Lipinski definition) is 6. The molecule has 0 heterocycles. The van der Waals surface area contributed by atoms with Gasteiger partial charge in [-0.1, -0.05) is 12.1 Å². The third kappa shape index (κ3) is 6.83. The molecule has 16 heavy (non-hydrogen) atoms. The molecule has 0 amide bonds. The third-order valence-electron chi connectivity index (χ3n) is 1.29. The number of nitrogens with two attached hydrogens (primary N) is 1. The SMILES string of the molecule is NCC(=O)[O-].O=C([O-])c1ccccc1O.[Cu+2]. The van der Waals surface area contributed by atoms with Gasteiger partial charge in [0.15, 0.2) is 0 Å². The van der Waals surface area contributed by atoms with E-state index in [9.17, 15) is 9.90 Å². The van der Waals surface area contributed by atoms with Crippen molar-refractivity contribution in [3.8, 4) is 5.75 Å². The maximum absolute atomic E-state index is 10.2. The van der Waals surface area contributed by atoms with Gasteiger partial charge in [-0.3, -0.25) is 0 Å². The fourth-order valence-electron chi connectivity index (χ4n) is 0.646. The predicted molar refractivity (Wildman–Crippen MR) is 46.5 cm³/mol. The van der Waals surface area contributed by atoms with Crippen molar-refractivity contribution in [3.05, 3.63) is 29.8 Å². The number of hydrogen-bond donors (Lipinski definition) is 2. The van der Waals surface area contributed by atoms with Crippen molar-refractivity contribution in [2.75, 3.05) is 6.54 Å². The van der Waals surface area contributed by atoms with Gasteiger partial charge in [0.25, 0.3) is 0 Å². The number of benzene rings is 1. The second kappa shape index (κ2) is 8.72. The van der Waals surface area contributed by atoms with Crippen LogP contribution in [0.2, 0.25) is 0 Å². The summed E-state index contributed by atoms with van der Waals surface area (Å²) in [5, 5.41) is 28.1. The van der Waals surface area contributed by atoms with E-state index in [-0.39, 0.29) is 34.9 Å². The van der Waals surface area contributed by atoms with Gasteiger partial charge in [0.2, 0.25) is 0 Å². The summed E-state index contributed by atoms with van der Waals surface area (Å²) in [4.78, 5) is 19.3. The minimum atomic E-state index is -1.36. The Kier molecular flexibility index (Phi) is 9.19. The number of aromatic hydroxyl groups is 1. The number of phenols is 1. The number of para-hydroxylation sites is 1. The Balaban J connectivity index is 0. The van der Waals surface area contributed by atoms with E-state index < -0.39 is 11.9 Å². The zero-order valence-electron chi connectivity index (χ0n) is 7.98. The number of carboxylic acids is 2. The van der Waals surface area contributed by atoms with Gasteiger partial charge in [0.05, 0.1) is 11.9 Å². The molecule has 0 saturated carbocycles. The van der Waals surface area contributed by atoms with Crippen LogP contribution in [-0.2, 0) is 21.9 Å². The zero-order valence-corrected chi connectivity index (χ0v) is 8.92. The number of carbonyl (C=O) groups excluding carboxylic acids is 2. The maximum atomic E-state index is 10.2. The van der Waals surface area contributed by atoms with Gasteiger partial charge >= 0.3 is 17.1 Å². The molecule has 0 aromatic heterocycles.